The van der Waals surface area contributed by atoms with Crippen LogP contribution in [0.1, 0.15) is 19.4 Å². The Kier molecular flexibility index (Phi) is 8.93. The van der Waals surface area contributed by atoms with Gasteiger partial charge < -0.3 is 14.6 Å². The van der Waals surface area contributed by atoms with Gasteiger partial charge in [-0.05, 0) is 31.5 Å². The predicted octanol–water partition coefficient (Wildman–Crippen LogP) is 2.01. The summed E-state index contributed by atoms with van der Waals surface area (Å²) in [5.41, 5.74) is 1.23. The summed E-state index contributed by atoms with van der Waals surface area (Å²) in [6.07, 6.45) is -0.486. The van der Waals surface area contributed by atoms with Crippen molar-refractivity contribution < 1.29 is 14.6 Å². The van der Waals surface area contributed by atoms with E-state index in [0.717, 1.165) is 63.1 Å². The second-order valence-corrected chi connectivity index (χ2v) is 9.49. The third-order valence-electron chi connectivity index (χ3n) is 5.78. The number of ether oxygens (including phenoxy) is 2. The summed E-state index contributed by atoms with van der Waals surface area (Å²) >= 11 is 1.98. The van der Waals surface area contributed by atoms with E-state index in [1.165, 1.54) is 5.56 Å². The number of rotatable bonds is 9. The first-order valence-corrected chi connectivity index (χ1v) is 11.9. The summed E-state index contributed by atoms with van der Waals surface area (Å²) in [6.45, 7) is 13.0. The number of nitrogens with zero attached hydrogens (tertiary/aromatic N) is 3. The minimum absolute atomic E-state index is 0.288. The summed E-state index contributed by atoms with van der Waals surface area (Å²) in [5.74, 6) is 3.74. The van der Waals surface area contributed by atoms with Crippen LogP contribution in [0, 0.1) is 0 Å². The summed E-state index contributed by atoms with van der Waals surface area (Å²) in [6, 6.07) is 6.78. The lowest BCUT2D eigenvalue weighted by Gasteiger charge is -2.37. The topological polar surface area (TPSA) is 48.4 Å². The van der Waals surface area contributed by atoms with Crippen LogP contribution < -0.4 is 9.47 Å². The normalized spacial score (nSPS) is 20.7. The molecule has 1 N–H and O–H groups in total. The largest absolute Gasteiger partial charge is 0.493 e. The van der Waals surface area contributed by atoms with Crippen molar-refractivity contribution in [2.75, 3.05) is 71.0 Å². The highest BCUT2D eigenvalue weighted by Crippen LogP contribution is 2.29. The third-order valence-corrected chi connectivity index (χ3v) is 6.72. The average Bonchev–Trinajstić information content (AvgIpc) is 2.74. The molecule has 164 valence electrons. The minimum atomic E-state index is -0.486. The van der Waals surface area contributed by atoms with Crippen molar-refractivity contribution in [2.24, 2.45) is 0 Å². The number of aliphatic hydroxyl groups excluding tert-OH is 1. The second-order valence-electron chi connectivity index (χ2n) is 8.27. The Hall–Kier alpha value is -0.990. The van der Waals surface area contributed by atoms with E-state index in [4.69, 9.17) is 9.47 Å². The molecule has 29 heavy (non-hydrogen) atoms. The Morgan fingerprint density at radius 2 is 1.72 bits per heavy atom. The Morgan fingerprint density at radius 1 is 1.00 bits per heavy atom. The highest BCUT2D eigenvalue weighted by molar-refractivity contribution is 7.99. The highest BCUT2D eigenvalue weighted by Gasteiger charge is 2.20. The molecule has 1 aromatic carbocycles. The van der Waals surface area contributed by atoms with E-state index < -0.39 is 6.10 Å². The van der Waals surface area contributed by atoms with Crippen molar-refractivity contribution in [3.05, 3.63) is 23.8 Å². The molecule has 0 saturated carbocycles. The molecule has 0 radical (unpaired) electrons. The highest BCUT2D eigenvalue weighted by atomic mass is 32.2. The van der Waals surface area contributed by atoms with Gasteiger partial charge in [-0.15, -0.1) is 0 Å². The van der Waals surface area contributed by atoms with Gasteiger partial charge in [0.25, 0.3) is 0 Å². The first kappa shape index (κ1) is 22.7. The van der Waals surface area contributed by atoms with Crippen LogP contribution in [-0.4, -0.2) is 103 Å². The third kappa shape index (κ3) is 7.03. The molecule has 7 heteroatoms. The van der Waals surface area contributed by atoms with Crippen LogP contribution in [0.2, 0.25) is 0 Å². The average molecular weight is 424 g/mol. The fourth-order valence-corrected chi connectivity index (χ4v) is 4.92. The molecule has 1 unspecified atom stereocenters. The molecule has 1 aromatic rings. The zero-order chi connectivity index (χ0) is 20.6. The van der Waals surface area contributed by atoms with Crippen LogP contribution in [-0.2, 0) is 6.54 Å². The molecule has 1 atom stereocenters. The molecule has 2 fully saturated rings. The van der Waals surface area contributed by atoms with Gasteiger partial charge >= 0.3 is 0 Å². The lowest BCUT2D eigenvalue weighted by atomic mass is 10.1. The van der Waals surface area contributed by atoms with E-state index in [1.807, 2.05) is 17.8 Å². The van der Waals surface area contributed by atoms with Crippen LogP contribution in [0.5, 0.6) is 11.5 Å². The molecule has 3 rings (SSSR count). The molecule has 0 aliphatic carbocycles. The maximum atomic E-state index is 10.3. The van der Waals surface area contributed by atoms with Crippen LogP contribution >= 0.6 is 11.8 Å². The number of aliphatic hydroxyl groups is 1. The predicted molar refractivity (Wildman–Crippen MR) is 120 cm³/mol. The maximum absolute atomic E-state index is 10.3. The molecule has 2 aliphatic heterocycles. The van der Waals surface area contributed by atoms with E-state index in [0.29, 0.717) is 18.3 Å². The van der Waals surface area contributed by atoms with Crippen molar-refractivity contribution in [3.63, 3.8) is 0 Å². The minimum Gasteiger partial charge on any atom is -0.493 e. The molecule has 0 aromatic heterocycles. The van der Waals surface area contributed by atoms with Crippen LogP contribution in [0.15, 0.2) is 18.2 Å². The molecule has 2 aliphatic rings. The lowest BCUT2D eigenvalue weighted by Crippen LogP contribution is -2.48. The number of methoxy groups -OCH3 is 1. The number of thioether (sulfide) groups is 1. The molecule has 0 amide bonds. The Morgan fingerprint density at radius 3 is 2.38 bits per heavy atom. The van der Waals surface area contributed by atoms with E-state index in [-0.39, 0.29) is 6.61 Å². The smallest absolute Gasteiger partial charge is 0.161 e. The summed E-state index contributed by atoms with van der Waals surface area (Å²) < 4.78 is 11.4. The number of piperazine rings is 1. The molecular formula is C22H37N3O3S. The summed E-state index contributed by atoms with van der Waals surface area (Å²) in [5, 5.41) is 10.3. The zero-order valence-corrected chi connectivity index (χ0v) is 19.0. The first-order chi connectivity index (χ1) is 14.0. The molecule has 0 bridgehead atoms. The second kappa shape index (κ2) is 11.4. The van der Waals surface area contributed by atoms with E-state index in [9.17, 15) is 5.11 Å². The van der Waals surface area contributed by atoms with Gasteiger partial charge in [-0.25, -0.2) is 0 Å². The van der Waals surface area contributed by atoms with Gasteiger partial charge in [-0.3, -0.25) is 14.7 Å². The molecule has 6 nitrogen and oxygen atoms in total. The maximum Gasteiger partial charge on any atom is 0.161 e. The monoisotopic (exact) mass is 423 g/mol. The van der Waals surface area contributed by atoms with E-state index in [2.05, 4.69) is 40.7 Å². The molecule has 2 heterocycles. The van der Waals surface area contributed by atoms with Crippen LogP contribution in [0.4, 0.5) is 0 Å². The van der Waals surface area contributed by atoms with Crippen LogP contribution in [0.25, 0.3) is 0 Å². The SMILES string of the molecule is COc1cc(CN2CCN(C(C)C)CC2)ccc1OCC(O)CN1CCSCC1. The standard InChI is InChI=1S/C22H37N3O3S/c1-18(2)25-8-6-23(7-9-25)15-19-4-5-21(22(14-19)27-3)28-17-20(26)16-24-10-12-29-13-11-24/h4-5,14,18,20,26H,6-13,15-17H2,1-3H3. The Bertz CT molecular complexity index is 617. The van der Waals surface area contributed by atoms with Gasteiger partial charge in [0.15, 0.2) is 11.5 Å². The Balaban J connectivity index is 1.48. The molecule has 2 saturated heterocycles. The fourth-order valence-electron chi connectivity index (χ4n) is 3.95. The summed E-state index contributed by atoms with van der Waals surface area (Å²) in [4.78, 5) is 7.33. The quantitative estimate of drug-likeness (QED) is 0.652. The first-order valence-electron chi connectivity index (χ1n) is 10.8. The van der Waals surface area contributed by atoms with Gasteiger partial charge in [0.1, 0.15) is 12.7 Å². The van der Waals surface area contributed by atoms with E-state index >= 15 is 0 Å². The van der Waals surface area contributed by atoms with Crippen LogP contribution in [0.3, 0.4) is 0 Å². The van der Waals surface area contributed by atoms with Crippen molar-refractivity contribution in [3.8, 4) is 11.5 Å². The van der Waals surface area contributed by atoms with Gasteiger partial charge in [-0.2, -0.15) is 11.8 Å². The van der Waals surface area contributed by atoms with Gasteiger partial charge in [0.05, 0.1) is 7.11 Å². The van der Waals surface area contributed by atoms with Crippen molar-refractivity contribution in [2.45, 2.75) is 32.5 Å². The van der Waals surface area contributed by atoms with Crippen molar-refractivity contribution >= 4 is 11.8 Å². The van der Waals surface area contributed by atoms with Gasteiger partial charge in [0.2, 0.25) is 0 Å². The van der Waals surface area contributed by atoms with E-state index in [1.54, 1.807) is 7.11 Å². The number of benzene rings is 1. The summed E-state index contributed by atoms with van der Waals surface area (Å²) in [7, 11) is 1.68. The zero-order valence-electron chi connectivity index (χ0n) is 18.2. The molecule has 0 spiro atoms. The lowest BCUT2D eigenvalue weighted by molar-refractivity contribution is 0.0704. The Labute approximate surface area is 180 Å². The number of β-amino-alcohol motifs (C(OH)–C–C–N with tert-alkyl or cyclic N) is 1. The van der Waals surface area contributed by atoms with Gasteiger partial charge in [0, 0.05) is 69.9 Å². The number of hydrogen-bond donors (Lipinski definition) is 1. The molecular weight excluding hydrogens is 386 g/mol. The van der Waals surface area contributed by atoms with Gasteiger partial charge in [-0.1, -0.05) is 6.07 Å². The van der Waals surface area contributed by atoms with Crippen molar-refractivity contribution in [1.82, 2.24) is 14.7 Å². The fraction of sp³-hybridized carbons (Fsp3) is 0.727. The number of hydrogen-bond acceptors (Lipinski definition) is 7. The van der Waals surface area contributed by atoms with Crippen molar-refractivity contribution in [1.29, 1.82) is 0 Å².